The van der Waals surface area contributed by atoms with Gasteiger partial charge in [-0.3, -0.25) is 10.1 Å². The minimum atomic E-state index is -2.45. The zero-order valence-electron chi connectivity index (χ0n) is 11.7. The fourth-order valence-corrected chi connectivity index (χ4v) is 1.74. The number of carbonyl (C=O) groups is 2. The zero-order chi connectivity index (χ0) is 18.9. The molecule has 0 radical (unpaired) electrons. The summed E-state index contributed by atoms with van der Waals surface area (Å²) >= 11 is 0. The molecule has 0 fully saturated rings. The molecule has 0 aliphatic carbocycles. The van der Waals surface area contributed by atoms with E-state index in [0.29, 0.717) is 12.1 Å². The first-order valence-electron chi connectivity index (χ1n) is 6.23. The van der Waals surface area contributed by atoms with E-state index >= 15 is 0 Å². The molecule has 3 amide bonds. The van der Waals surface area contributed by atoms with Crippen molar-refractivity contribution in [2.24, 2.45) is 0 Å². The van der Waals surface area contributed by atoms with Gasteiger partial charge in [-0.2, -0.15) is 0 Å². The van der Waals surface area contributed by atoms with E-state index in [0.717, 1.165) is 6.07 Å². The van der Waals surface area contributed by atoms with Gasteiger partial charge in [-0.15, -0.1) is 0 Å². The van der Waals surface area contributed by atoms with Gasteiger partial charge in [-0.25, -0.2) is 35.5 Å². The Balaban J connectivity index is 2.26. The number of rotatable bonds is 2. The van der Waals surface area contributed by atoms with Crippen LogP contribution in [0.4, 0.5) is 41.2 Å². The number of imide groups is 1. The van der Waals surface area contributed by atoms with Crippen molar-refractivity contribution in [3.05, 3.63) is 64.5 Å². The summed E-state index contributed by atoms with van der Waals surface area (Å²) in [6.45, 7) is 0. The Morgan fingerprint density at radius 2 is 1.16 bits per heavy atom. The summed E-state index contributed by atoms with van der Waals surface area (Å²) in [6, 6.07) is 0.534. The summed E-state index contributed by atoms with van der Waals surface area (Å²) in [5.74, 6) is -16.2. The molecule has 2 aromatic rings. The Morgan fingerprint density at radius 1 is 0.720 bits per heavy atom. The van der Waals surface area contributed by atoms with Crippen molar-refractivity contribution in [2.75, 3.05) is 5.32 Å². The molecule has 2 rings (SSSR count). The molecule has 0 atom stereocenters. The summed E-state index contributed by atoms with van der Waals surface area (Å²) in [4.78, 5) is 23.1. The molecule has 0 aliphatic rings. The first-order valence-corrected chi connectivity index (χ1v) is 6.23. The fourth-order valence-electron chi connectivity index (χ4n) is 1.74. The molecule has 2 aromatic carbocycles. The third kappa shape index (κ3) is 3.39. The highest BCUT2D eigenvalue weighted by molar-refractivity contribution is 6.08. The van der Waals surface area contributed by atoms with Gasteiger partial charge in [0.2, 0.25) is 5.82 Å². The first kappa shape index (κ1) is 18.2. The predicted molar refractivity (Wildman–Crippen MR) is 69.1 cm³/mol. The Kier molecular flexibility index (Phi) is 4.95. The quantitative estimate of drug-likeness (QED) is 0.485. The average Bonchev–Trinajstić information content (AvgIpc) is 2.55. The summed E-state index contributed by atoms with van der Waals surface area (Å²) in [5, 5.41) is 2.51. The van der Waals surface area contributed by atoms with E-state index in [4.69, 9.17) is 0 Å². The number of hydrogen-bond acceptors (Lipinski definition) is 2. The molecule has 0 aliphatic heterocycles. The molecule has 0 saturated heterocycles. The van der Waals surface area contributed by atoms with Crippen molar-refractivity contribution in [3.8, 4) is 0 Å². The van der Waals surface area contributed by atoms with Crippen molar-refractivity contribution in [1.29, 1.82) is 0 Å². The van der Waals surface area contributed by atoms with E-state index in [1.54, 1.807) is 0 Å². The number of urea groups is 1. The normalized spacial score (nSPS) is 10.5. The summed E-state index contributed by atoms with van der Waals surface area (Å²) in [5.41, 5.74) is -2.93. The van der Waals surface area contributed by atoms with Crippen LogP contribution in [0.25, 0.3) is 0 Å². The van der Waals surface area contributed by atoms with Crippen LogP contribution in [-0.4, -0.2) is 11.9 Å². The van der Waals surface area contributed by atoms with Crippen molar-refractivity contribution < 1.29 is 40.3 Å². The van der Waals surface area contributed by atoms with Crippen LogP contribution in [0.15, 0.2) is 18.2 Å². The molecule has 0 bridgehead atoms. The summed E-state index contributed by atoms with van der Waals surface area (Å²) < 4.78 is 92.3. The molecule has 4 nitrogen and oxygen atoms in total. The van der Waals surface area contributed by atoms with Crippen molar-refractivity contribution in [3.63, 3.8) is 0 Å². The minimum Gasteiger partial charge on any atom is -0.302 e. The molecule has 0 unspecified atom stereocenters. The third-order valence-electron chi connectivity index (χ3n) is 2.87. The van der Waals surface area contributed by atoms with Gasteiger partial charge in [-0.05, 0) is 12.1 Å². The van der Waals surface area contributed by atoms with Gasteiger partial charge in [0.1, 0.15) is 22.9 Å². The van der Waals surface area contributed by atoms with E-state index in [1.807, 2.05) is 0 Å². The van der Waals surface area contributed by atoms with E-state index in [2.05, 4.69) is 0 Å². The van der Waals surface area contributed by atoms with Crippen LogP contribution in [0.3, 0.4) is 0 Å². The average molecular weight is 366 g/mol. The maximum absolute atomic E-state index is 13.4. The number of nitrogens with one attached hydrogen (secondary N) is 2. The van der Waals surface area contributed by atoms with Gasteiger partial charge in [0.15, 0.2) is 23.3 Å². The lowest BCUT2D eigenvalue weighted by molar-refractivity contribution is 0.0959. The maximum Gasteiger partial charge on any atom is 0.326 e. The standard InChI is InChI=1S/C14H5F7N2O2/c15-4-2-1-3-5(16)6(4)13(24)23-14(25)22-12-10(20)8(18)7(17)9(19)11(12)21/h1-3H,(H2,22,23,24,25). The second-order valence-corrected chi connectivity index (χ2v) is 4.45. The van der Waals surface area contributed by atoms with Crippen LogP contribution in [0.2, 0.25) is 0 Å². The molecule has 0 aromatic heterocycles. The maximum atomic E-state index is 13.4. The van der Waals surface area contributed by atoms with E-state index in [9.17, 15) is 40.3 Å². The van der Waals surface area contributed by atoms with Crippen LogP contribution in [0, 0.1) is 40.7 Å². The predicted octanol–water partition coefficient (Wildman–Crippen LogP) is 3.62. The number of halogens is 7. The molecular weight excluding hydrogens is 361 g/mol. The number of hydrogen-bond donors (Lipinski definition) is 2. The van der Waals surface area contributed by atoms with Gasteiger partial charge >= 0.3 is 6.03 Å². The van der Waals surface area contributed by atoms with Crippen molar-refractivity contribution in [1.82, 2.24) is 5.32 Å². The second kappa shape index (κ2) is 6.79. The summed E-state index contributed by atoms with van der Waals surface area (Å²) in [6.07, 6.45) is 0. The largest absolute Gasteiger partial charge is 0.326 e. The number of anilines is 1. The number of benzene rings is 2. The van der Waals surface area contributed by atoms with E-state index < -0.39 is 63.9 Å². The number of carbonyl (C=O) groups excluding carboxylic acids is 2. The first-order chi connectivity index (χ1) is 11.6. The lowest BCUT2D eigenvalue weighted by Gasteiger charge is -2.11. The number of amides is 3. The third-order valence-corrected chi connectivity index (χ3v) is 2.87. The molecule has 0 heterocycles. The smallest absolute Gasteiger partial charge is 0.302 e. The van der Waals surface area contributed by atoms with E-state index in [-0.39, 0.29) is 0 Å². The Morgan fingerprint density at radius 3 is 1.64 bits per heavy atom. The van der Waals surface area contributed by atoms with Gasteiger partial charge < -0.3 is 5.32 Å². The second-order valence-electron chi connectivity index (χ2n) is 4.45. The molecular formula is C14H5F7N2O2. The van der Waals surface area contributed by atoms with E-state index in [1.165, 1.54) is 10.6 Å². The monoisotopic (exact) mass is 366 g/mol. The van der Waals surface area contributed by atoms with Crippen LogP contribution < -0.4 is 10.6 Å². The van der Waals surface area contributed by atoms with Gasteiger partial charge in [0.05, 0.1) is 0 Å². The highest BCUT2D eigenvalue weighted by Crippen LogP contribution is 2.27. The lowest BCUT2D eigenvalue weighted by atomic mass is 10.2. The molecule has 2 N–H and O–H groups in total. The Labute approximate surface area is 134 Å². The van der Waals surface area contributed by atoms with Crippen LogP contribution in [0.1, 0.15) is 10.4 Å². The van der Waals surface area contributed by atoms with Gasteiger partial charge in [-0.1, -0.05) is 6.07 Å². The zero-order valence-corrected chi connectivity index (χ0v) is 11.7. The van der Waals surface area contributed by atoms with Crippen LogP contribution in [-0.2, 0) is 0 Å². The molecule has 11 heteroatoms. The highest BCUT2D eigenvalue weighted by atomic mass is 19.2. The summed E-state index contributed by atoms with van der Waals surface area (Å²) in [7, 11) is 0. The molecule has 0 saturated carbocycles. The van der Waals surface area contributed by atoms with Crippen LogP contribution in [0.5, 0.6) is 0 Å². The Hall–Kier alpha value is -3.11. The molecule has 0 spiro atoms. The Bertz CT molecular complexity index is 837. The van der Waals surface area contributed by atoms with Crippen LogP contribution >= 0.6 is 0 Å². The minimum absolute atomic E-state index is 0.694. The topological polar surface area (TPSA) is 58.2 Å². The van der Waals surface area contributed by atoms with Crippen molar-refractivity contribution >= 4 is 17.6 Å². The SMILES string of the molecule is O=C(NC(=O)c1c(F)cccc1F)Nc1c(F)c(F)c(F)c(F)c1F. The van der Waals surface area contributed by atoms with Crippen molar-refractivity contribution in [2.45, 2.75) is 0 Å². The lowest BCUT2D eigenvalue weighted by Crippen LogP contribution is -2.36. The fraction of sp³-hybridized carbons (Fsp3) is 0. The molecule has 132 valence electrons. The molecule has 25 heavy (non-hydrogen) atoms. The highest BCUT2D eigenvalue weighted by Gasteiger charge is 2.27. The van der Waals surface area contributed by atoms with Gasteiger partial charge in [0.25, 0.3) is 5.91 Å². The van der Waals surface area contributed by atoms with Gasteiger partial charge in [0, 0.05) is 0 Å².